The molecule has 0 bridgehead atoms. The third kappa shape index (κ3) is 3.17. The highest BCUT2D eigenvalue weighted by Gasteiger charge is 2.23. The SMILES string of the molecule is COC(=O)c1cc(Nc2cc(OC)cc(OC)c2)c(=O)n2c1CCC2. The number of hydrogen-bond donors (Lipinski definition) is 1. The van der Waals surface area contributed by atoms with Crippen LogP contribution in [0.1, 0.15) is 22.5 Å². The van der Waals surface area contributed by atoms with Gasteiger partial charge >= 0.3 is 5.97 Å². The summed E-state index contributed by atoms with van der Waals surface area (Å²) in [5.41, 5.74) is 1.91. The lowest BCUT2D eigenvalue weighted by molar-refractivity contribution is 0.0598. The van der Waals surface area contributed by atoms with E-state index in [1.54, 1.807) is 43.1 Å². The van der Waals surface area contributed by atoms with Gasteiger partial charge in [-0.2, -0.15) is 0 Å². The smallest absolute Gasteiger partial charge is 0.339 e. The monoisotopic (exact) mass is 344 g/mol. The van der Waals surface area contributed by atoms with Crippen molar-refractivity contribution in [1.82, 2.24) is 4.57 Å². The summed E-state index contributed by atoms with van der Waals surface area (Å²) in [5.74, 6) is 0.740. The van der Waals surface area contributed by atoms with Crippen LogP contribution in [0.2, 0.25) is 0 Å². The van der Waals surface area contributed by atoms with E-state index in [0.29, 0.717) is 41.4 Å². The van der Waals surface area contributed by atoms with Gasteiger partial charge in [0.1, 0.15) is 17.2 Å². The fourth-order valence-corrected chi connectivity index (χ4v) is 3.02. The lowest BCUT2D eigenvalue weighted by Gasteiger charge is -2.14. The maximum Gasteiger partial charge on any atom is 0.339 e. The number of nitrogens with zero attached hydrogens (tertiary/aromatic N) is 1. The van der Waals surface area contributed by atoms with Crippen molar-refractivity contribution in [3.05, 3.63) is 45.9 Å². The zero-order valence-electron chi connectivity index (χ0n) is 14.4. The molecule has 7 heteroatoms. The second-order valence-corrected chi connectivity index (χ2v) is 5.70. The first-order valence-electron chi connectivity index (χ1n) is 7.92. The molecular weight excluding hydrogens is 324 g/mol. The Bertz CT molecular complexity index is 850. The average Bonchev–Trinajstić information content (AvgIpc) is 3.13. The summed E-state index contributed by atoms with van der Waals surface area (Å²) in [5, 5.41) is 3.07. The van der Waals surface area contributed by atoms with Crippen LogP contribution < -0.4 is 20.3 Å². The van der Waals surface area contributed by atoms with Crippen molar-refractivity contribution in [3.63, 3.8) is 0 Å². The third-order valence-electron chi connectivity index (χ3n) is 4.23. The topological polar surface area (TPSA) is 78.8 Å². The van der Waals surface area contributed by atoms with Gasteiger partial charge in [0.15, 0.2) is 0 Å². The quantitative estimate of drug-likeness (QED) is 0.839. The molecule has 1 aliphatic heterocycles. The number of anilines is 2. The number of fused-ring (bicyclic) bond motifs is 1. The van der Waals surface area contributed by atoms with Gasteiger partial charge in [-0.25, -0.2) is 4.79 Å². The van der Waals surface area contributed by atoms with E-state index in [-0.39, 0.29) is 5.56 Å². The summed E-state index contributed by atoms with van der Waals surface area (Å²) in [6.45, 7) is 0.592. The minimum atomic E-state index is -0.447. The number of benzene rings is 1. The number of carbonyl (C=O) groups excluding carboxylic acids is 1. The van der Waals surface area contributed by atoms with Gasteiger partial charge in [-0.1, -0.05) is 0 Å². The van der Waals surface area contributed by atoms with E-state index in [1.807, 2.05) is 0 Å². The van der Waals surface area contributed by atoms with E-state index < -0.39 is 5.97 Å². The molecule has 3 rings (SSSR count). The summed E-state index contributed by atoms with van der Waals surface area (Å²) < 4.78 is 17.0. The molecule has 132 valence electrons. The molecule has 0 unspecified atom stereocenters. The second kappa shape index (κ2) is 6.88. The number of nitrogens with one attached hydrogen (secondary N) is 1. The van der Waals surface area contributed by atoms with Gasteiger partial charge < -0.3 is 24.1 Å². The molecule has 0 fully saturated rings. The highest BCUT2D eigenvalue weighted by molar-refractivity contribution is 5.92. The Morgan fingerprint density at radius 2 is 1.76 bits per heavy atom. The van der Waals surface area contributed by atoms with E-state index in [9.17, 15) is 9.59 Å². The first-order valence-corrected chi connectivity index (χ1v) is 7.92. The number of rotatable bonds is 5. The summed E-state index contributed by atoms with van der Waals surface area (Å²) in [6.07, 6.45) is 1.52. The first-order chi connectivity index (χ1) is 12.1. The van der Waals surface area contributed by atoms with Crippen LogP contribution >= 0.6 is 0 Å². The maximum absolute atomic E-state index is 12.7. The van der Waals surface area contributed by atoms with E-state index >= 15 is 0 Å². The Morgan fingerprint density at radius 3 is 2.36 bits per heavy atom. The summed E-state index contributed by atoms with van der Waals surface area (Å²) in [7, 11) is 4.44. The molecule has 1 aromatic heterocycles. The zero-order valence-corrected chi connectivity index (χ0v) is 14.4. The average molecular weight is 344 g/mol. The van der Waals surface area contributed by atoms with Crippen LogP contribution in [-0.4, -0.2) is 31.9 Å². The molecule has 1 N–H and O–H groups in total. The summed E-state index contributed by atoms with van der Waals surface area (Å²) >= 11 is 0. The van der Waals surface area contributed by atoms with Crippen LogP contribution in [0.5, 0.6) is 11.5 Å². The predicted octanol–water partition coefficient (Wildman–Crippen LogP) is 2.34. The summed E-state index contributed by atoms with van der Waals surface area (Å²) in [6, 6.07) is 6.78. The Balaban J connectivity index is 2.06. The van der Waals surface area contributed by atoms with Crippen LogP contribution in [0.3, 0.4) is 0 Å². The molecule has 0 saturated carbocycles. The van der Waals surface area contributed by atoms with Crippen molar-refractivity contribution in [2.45, 2.75) is 19.4 Å². The van der Waals surface area contributed by atoms with Crippen LogP contribution in [0.4, 0.5) is 11.4 Å². The van der Waals surface area contributed by atoms with Gasteiger partial charge in [0.25, 0.3) is 5.56 Å². The molecule has 0 radical (unpaired) electrons. The molecule has 2 aromatic rings. The minimum Gasteiger partial charge on any atom is -0.497 e. The number of esters is 1. The standard InChI is InChI=1S/C18H20N2O5/c1-23-12-7-11(8-13(9-12)24-2)19-15-10-14(18(22)25-3)16-5-4-6-20(16)17(15)21/h7-10,19H,4-6H2,1-3H3. The van der Waals surface area contributed by atoms with Crippen molar-refractivity contribution in [3.8, 4) is 11.5 Å². The lowest BCUT2D eigenvalue weighted by Crippen LogP contribution is -2.25. The predicted molar refractivity (Wildman–Crippen MR) is 93.2 cm³/mol. The number of carbonyl (C=O) groups is 1. The van der Waals surface area contributed by atoms with Crippen molar-refractivity contribution < 1.29 is 19.0 Å². The number of pyridine rings is 1. The zero-order chi connectivity index (χ0) is 18.0. The van der Waals surface area contributed by atoms with Crippen LogP contribution in [0, 0.1) is 0 Å². The number of hydrogen-bond acceptors (Lipinski definition) is 6. The van der Waals surface area contributed by atoms with E-state index in [4.69, 9.17) is 14.2 Å². The molecule has 7 nitrogen and oxygen atoms in total. The lowest BCUT2D eigenvalue weighted by atomic mass is 10.1. The molecule has 25 heavy (non-hydrogen) atoms. The van der Waals surface area contributed by atoms with Gasteiger partial charge in [0.2, 0.25) is 0 Å². The summed E-state index contributed by atoms with van der Waals surface area (Å²) in [4.78, 5) is 24.8. The van der Waals surface area contributed by atoms with E-state index in [1.165, 1.54) is 7.11 Å². The Kier molecular flexibility index (Phi) is 4.65. The van der Waals surface area contributed by atoms with Gasteiger partial charge in [-0.15, -0.1) is 0 Å². The molecule has 1 aromatic carbocycles. The largest absolute Gasteiger partial charge is 0.497 e. The minimum absolute atomic E-state index is 0.165. The van der Waals surface area contributed by atoms with Crippen molar-refractivity contribution in [1.29, 1.82) is 0 Å². The normalized spacial score (nSPS) is 12.4. The number of aromatic nitrogens is 1. The molecule has 0 atom stereocenters. The fourth-order valence-electron chi connectivity index (χ4n) is 3.02. The van der Waals surface area contributed by atoms with Crippen LogP contribution in [0.15, 0.2) is 29.1 Å². The van der Waals surface area contributed by atoms with Crippen LogP contribution in [0.25, 0.3) is 0 Å². The van der Waals surface area contributed by atoms with Crippen LogP contribution in [-0.2, 0) is 17.7 Å². The Morgan fingerprint density at radius 1 is 1.08 bits per heavy atom. The molecule has 1 aliphatic rings. The van der Waals surface area contributed by atoms with Crippen molar-refractivity contribution in [2.75, 3.05) is 26.6 Å². The highest BCUT2D eigenvalue weighted by atomic mass is 16.5. The van der Waals surface area contributed by atoms with Gasteiger partial charge in [-0.05, 0) is 18.9 Å². The van der Waals surface area contributed by atoms with E-state index in [0.717, 1.165) is 12.1 Å². The van der Waals surface area contributed by atoms with Gasteiger partial charge in [0, 0.05) is 36.1 Å². The second-order valence-electron chi connectivity index (χ2n) is 5.70. The first kappa shape index (κ1) is 16.9. The maximum atomic E-state index is 12.7. The van der Waals surface area contributed by atoms with Crippen molar-refractivity contribution >= 4 is 17.3 Å². The fraction of sp³-hybridized carbons (Fsp3) is 0.333. The molecule has 2 heterocycles. The molecule has 0 saturated heterocycles. The third-order valence-corrected chi connectivity index (χ3v) is 4.23. The number of methoxy groups -OCH3 is 3. The molecular formula is C18H20N2O5. The highest BCUT2D eigenvalue weighted by Crippen LogP contribution is 2.28. The Labute approximate surface area is 145 Å². The molecule has 0 aliphatic carbocycles. The molecule has 0 amide bonds. The van der Waals surface area contributed by atoms with E-state index in [2.05, 4.69) is 5.32 Å². The van der Waals surface area contributed by atoms with Gasteiger partial charge in [0.05, 0.1) is 26.9 Å². The molecule has 0 spiro atoms. The Hall–Kier alpha value is -2.96. The van der Waals surface area contributed by atoms with Gasteiger partial charge in [-0.3, -0.25) is 4.79 Å². The number of ether oxygens (including phenoxy) is 3. The van der Waals surface area contributed by atoms with Crippen molar-refractivity contribution in [2.24, 2.45) is 0 Å².